The third-order valence-corrected chi connectivity index (χ3v) is 6.02. The Morgan fingerprint density at radius 3 is 2.73 bits per heavy atom. The lowest BCUT2D eigenvalue weighted by Crippen LogP contribution is -2.48. The molecule has 2 bridgehead atoms. The first kappa shape index (κ1) is 14.3. The molecule has 4 rings (SSSR count). The van der Waals surface area contributed by atoms with Crippen molar-refractivity contribution in [3.8, 4) is 0 Å². The van der Waals surface area contributed by atoms with Crippen LogP contribution in [0.25, 0.3) is 0 Å². The molecule has 0 radical (unpaired) electrons. The van der Waals surface area contributed by atoms with Crippen molar-refractivity contribution in [1.29, 1.82) is 0 Å². The molecule has 1 saturated carbocycles. The number of hydrogen-bond acceptors (Lipinski definition) is 1. The second kappa shape index (κ2) is 4.37. The minimum absolute atomic E-state index is 0.0196. The highest BCUT2D eigenvalue weighted by Gasteiger charge is 2.59. The van der Waals surface area contributed by atoms with Gasteiger partial charge in [-0.2, -0.15) is 13.2 Å². The molecule has 3 fully saturated rings. The summed E-state index contributed by atoms with van der Waals surface area (Å²) in [4.78, 5) is 4.17. The SMILES string of the molecule is C[C@@]12CN(c3cccc(C(F)(F)F)c3)C(=S)N1C1CCC2C1. The lowest BCUT2D eigenvalue weighted by molar-refractivity contribution is -0.137. The smallest absolute Gasteiger partial charge is 0.338 e. The monoisotopic (exact) mass is 326 g/mol. The molecule has 6 heteroatoms. The lowest BCUT2D eigenvalue weighted by atomic mass is 9.85. The van der Waals surface area contributed by atoms with E-state index in [1.54, 1.807) is 6.07 Å². The van der Waals surface area contributed by atoms with Crippen LogP contribution < -0.4 is 4.90 Å². The maximum atomic E-state index is 12.9. The van der Waals surface area contributed by atoms with Gasteiger partial charge >= 0.3 is 6.18 Å². The van der Waals surface area contributed by atoms with E-state index in [1.807, 2.05) is 4.90 Å². The Hall–Kier alpha value is -1.30. The Kier molecular flexibility index (Phi) is 2.84. The van der Waals surface area contributed by atoms with Gasteiger partial charge in [-0.05, 0) is 62.5 Å². The van der Waals surface area contributed by atoms with E-state index >= 15 is 0 Å². The molecule has 2 unspecified atom stereocenters. The fourth-order valence-corrected chi connectivity index (χ4v) is 5.05. The van der Waals surface area contributed by atoms with E-state index in [1.165, 1.54) is 25.0 Å². The highest BCUT2D eigenvalue weighted by atomic mass is 32.1. The van der Waals surface area contributed by atoms with Gasteiger partial charge in [-0.1, -0.05) is 6.07 Å². The summed E-state index contributed by atoms with van der Waals surface area (Å²) in [6.07, 6.45) is -0.795. The average molecular weight is 326 g/mol. The summed E-state index contributed by atoms with van der Waals surface area (Å²) in [6, 6.07) is 5.96. The Balaban J connectivity index is 1.69. The van der Waals surface area contributed by atoms with Gasteiger partial charge in [0.05, 0.1) is 11.1 Å². The molecule has 118 valence electrons. The predicted octanol–water partition coefficient (Wildman–Crippen LogP) is 4.05. The first-order valence-electron chi connectivity index (χ1n) is 7.59. The molecule has 22 heavy (non-hydrogen) atoms. The molecule has 0 spiro atoms. The minimum Gasteiger partial charge on any atom is -0.338 e. The van der Waals surface area contributed by atoms with E-state index in [-0.39, 0.29) is 5.54 Å². The number of rotatable bonds is 1. The van der Waals surface area contributed by atoms with Crippen LogP contribution in [0.1, 0.15) is 31.7 Å². The zero-order chi connectivity index (χ0) is 15.7. The van der Waals surface area contributed by atoms with E-state index in [2.05, 4.69) is 11.8 Å². The quantitative estimate of drug-likeness (QED) is 0.719. The van der Waals surface area contributed by atoms with E-state index < -0.39 is 11.7 Å². The summed E-state index contributed by atoms with van der Waals surface area (Å²) < 4.78 is 38.8. The van der Waals surface area contributed by atoms with Crippen LogP contribution >= 0.6 is 12.2 Å². The third kappa shape index (κ3) is 1.82. The number of nitrogens with zero attached hydrogens (tertiary/aromatic N) is 2. The van der Waals surface area contributed by atoms with Gasteiger partial charge in [0.15, 0.2) is 5.11 Å². The predicted molar refractivity (Wildman–Crippen MR) is 82.8 cm³/mol. The zero-order valence-electron chi connectivity index (χ0n) is 12.2. The Morgan fingerprint density at radius 1 is 1.27 bits per heavy atom. The topological polar surface area (TPSA) is 6.48 Å². The third-order valence-electron chi connectivity index (χ3n) is 5.60. The van der Waals surface area contributed by atoms with Crippen LogP contribution in [-0.2, 0) is 6.18 Å². The van der Waals surface area contributed by atoms with Gasteiger partial charge in [-0.3, -0.25) is 0 Å². The maximum Gasteiger partial charge on any atom is 0.416 e. The molecule has 2 nitrogen and oxygen atoms in total. The molecular weight excluding hydrogens is 309 g/mol. The first-order chi connectivity index (χ1) is 10.3. The highest BCUT2D eigenvalue weighted by Crippen LogP contribution is 2.53. The van der Waals surface area contributed by atoms with Crippen molar-refractivity contribution in [3.05, 3.63) is 29.8 Å². The number of thiocarbonyl (C=S) groups is 1. The number of alkyl halides is 3. The van der Waals surface area contributed by atoms with Gasteiger partial charge < -0.3 is 9.80 Å². The van der Waals surface area contributed by atoms with Crippen molar-refractivity contribution in [2.75, 3.05) is 11.4 Å². The van der Waals surface area contributed by atoms with Crippen LogP contribution in [0.4, 0.5) is 18.9 Å². The van der Waals surface area contributed by atoms with E-state index in [9.17, 15) is 13.2 Å². The first-order valence-corrected chi connectivity index (χ1v) is 7.99. The number of benzene rings is 1. The van der Waals surface area contributed by atoms with Gasteiger partial charge in [0.25, 0.3) is 0 Å². The van der Waals surface area contributed by atoms with Crippen molar-refractivity contribution >= 4 is 23.0 Å². The summed E-state index contributed by atoms with van der Waals surface area (Å²) in [5, 5.41) is 0.689. The fraction of sp³-hybridized carbons (Fsp3) is 0.562. The van der Waals surface area contributed by atoms with E-state index in [4.69, 9.17) is 12.2 Å². The van der Waals surface area contributed by atoms with Crippen LogP contribution in [0, 0.1) is 5.92 Å². The minimum atomic E-state index is -4.32. The number of hydrogen-bond donors (Lipinski definition) is 0. The molecule has 1 aromatic carbocycles. The summed E-state index contributed by atoms with van der Waals surface area (Å²) in [5.74, 6) is 0.603. The Morgan fingerprint density at radius 2 is 2.05 bits per heavy atom. The standard InChI is InChI=1S/C16H17F3N2S/c1-15-9-20(12-4-2-3-11(8-12)16(17,18)19)14(22)21(15)13-6-5-10(15)7-13/h2-4,8,10,13H,5-7,9H2,1H3/t10?,13?,15-/m0/s1. The fourth-order valence-electron chi connectivity index (χ4n) is 4.52. The molecule has 2 saturated heterocycles. The van der Waals surface area contributed by atoms with Crippen LogP contribution in [0.3, 0.4) is 0 Å². The molecule has 1 aliphatic carbocycles. The molecule has 0 N–H and O–H groups in total. The van der Waals surface area contributed by atoms with Crippen LogP contribution in [-0.4, -0.2) is 28.1 Å². The Labute approximate surface area is 132 Å². The molecular formula is C16H17F3N2S. The van der Waals surface area contributed by atoms with Gasteiger partial charge in [-0.15, -0.1) is 0 Å². The number of anilines is 1. The van der Waals surface area contributed by atoms with Crippen molar-refractivity contribution in [2.45, 2.75) is 43.9 Å². The zero-order valence-corrected chi connectivity index (χ0v) is 13.0. The summed E-state index contributed by atoms with van der Waals surface area (Å²) in [7, 11) is 0. The number of fused-ring (bicyclic) bond motifs is 5. The second-order valence-electron chi connectivity index (χ2n) is 6.81. The number of halogens is 3. The molecule has 3 atom stereocenters. The number of piperidine rings is 1. The molecule has 2 aliphatic heterocycles. The van der Waals surface area contributed by atoms with E-state index in [0.29, 0.717) is 29.3 Å². The second-order valence-corrected chi connectivity index (χ2v) is 7.17. The average Bonchev–Trinajstić information content (AvgIpc) is 3.09. The van der Waals surface area contributed by atoms with Gasteiger partial charge in [0.2, 0.25) is 0 Å². The summed E-state index contributed by atoms with van der Waals surface area (Å²) in [5.41, 5.74) is -0.0864. The summed E-state index contributed by atoms with van der Waals surface area (Å²) in [6.45, 7) is 2.89. The van der Waals surface area contributed by atoms with Gasteiger partial charge in [0, 0.05) is 18.3 Å². The van der Waals surface area contributed by atoms with Gasteiger partial charge in [0.1, 0.15) is 0 Å². The van der Waals surface area contributed by atoms with Crippen LogP contribution in [0.5, 0.6) is 0 Å². The summed E-state index contributed by atoms with van der Waals surface area (Å²) >= 11 is 5.60. The Bertz CT molecular complexity index is 645. The molecule has 2 heterocycles. The largest absolute Gasteiger partial charge is 0.416 e. The molecule has 0 aromatic heterocycles. The normalized spacial score (nSPS) is 33.7. The molecule has 1 aromatic rings. The van der Waals surface area contributed by atoms with Crippen molar-refractivity contribution < 1.29 is 13.2 Å². The van der Waals surface area contributed by atoms with E-state index in [0.717, 1.165) is 12.5 Å². The maximum absolute atomic E-state index is 12.9. The van der Waals surface area contributed by atoms with Crippen LogP contribution in [0.15, 0.2) is 24.3 Å². The van der Waals surface area contributed by atoms with Crippen molar-refractivity contribution in [3.63, 3.8) is 0 Å². The lowest BCUT2D eigenvalue weighted by Gasteiger charge is -2.38. The van der Waals surface area contributed by atoms with Crippen molar-refractivity contribution in [1.82, 2.24) is 4.90 Å². The van der Waals surface area contributed by atoms with Gasteiger partial charge in [-0.25, -0.2) is 0 Å². The molecule has 3 aliphatic rings. The highest BCUT2D eigenvalue weighted by molar-refractivity contribution is 7.80. The van der Waals surface area contributed by atoms with Crippen LogP contribution in [0.2, 0.25) is 0 Å². The molecule has 0 amide bonds. The van der Waals surface area contributed by atoms with Crippen molar-refractivity contribution in [2.24, 2.45) is 5.92 Å².